The Morgan fingerprint density at radius 2 is 2.12 bits per heavy atom. The highest BCUT2D eigenvalue weighted by atomic mass is 19.3. The van der Waals surface area contributed by atoms with Crippen LogP contribution in [0, 0.1) is 5.92 Å². The monoisotopic (exact) mass is 226 g/mol. The lowest BCUT2D eigenvalue weighted by Gasteiger charge is -2.26. The second-order valence-corrected chi connectivity index (χ2v) is 4.33. The van der Waals surface area contributed by atoms with Gasteiger partial charge in [-0.15, -0.1) is 0 Å². The Hall–Kier alpha value is -1.32. The van der Waals surface area contributed by atoms with Gasteiger partial charge in [0.25, 0.3) is 6.43 Å². The van der Waals surface area contributed by atoms with Crippen LogP contribution < -0.4 is 11.1 Å². The van der Waals surface area contributed by atoms with Crippen molar-refractivity contribution in [2.45, 2.75) is 25.7 Å². The van der Waals surface area contributed by atoms with Crippen LogP contribution in [0.4, 0.5) is 20.2 Å². The predicted molar refractivity (Wildman–Crippen MR) is 61.6 cm³/mol. The SMILES string of the molecule is Nc1ccc(NCC2CCC2)c(C(F)F)c1. The van der Waals surface area contributed by atoms with Crippen LogP contribution in [0.25, 0.3) is 0 Å². The highest BCUT2D eigenvalue weighted by Gasteiger charge is 2.18. The normalized spacial score (nSPS) is 16.2. The second kappa shape index (κ2) is 4.68. The molecule has 0 aliphatic heterocycles. The average Bonchev–Trinajstić information content (AvgIpc) is 2.17. The van der Waals surface area contributed by atoms with Crippen LogP contribution in [-0.2, 0) is 0 Å². The van der Waals surface area contributed by atoms with E-state index in [2.05, 4.69) is 5.32 Å². The third-order valence-electron chi connectivity index (χ3n) is 3.12. The smallest absolute Gasteiger partial charge is 0.265 e. The molecule has 1 fully saturated rings. The number of alkyl halides is 2. The zero-order valence-corrected chi connectivity index (χ0v) is 9.05. The first kappa shape index (κ1) is 11.2. The van der Waals surface area contributed by atoms with Crippen molar-refractivity contribution in [2.75, 3.05) is 17.6 Å². The minimum absolute atomic E-state index is 0.000626. The summed E-state index contributed by atoms with van der Waals surface area (Å²) >= 11 is 0. The van der Waals surface area contributed by atoms with Gasteiger partial charge >= 0.3 is 0 Å². The van der Waals surface area contributed by atoms with Crippen molar-refractivity contribution in [1.82, 2.24) is 0 Å². The fraction of sp³-hybridized carbons (Fsp3) is 0.500. The molecule has 1 saturated carbocycles. The van der Waals surface area contributed by atoms with E-state index in [-0.39, 0.29) is 5.56 Å². The van der Waals surface area contributed by atoms with Gasteiger partial charge < -0.3 is 11.1 Å². The number of nitrogen functional groups attached to an aromatic ring is 1. The molecule has 0 amide bonds. The molecule has 3 N–H and O–H groups in total. The van der Waals surface area contributed by atoms with E-state index in [0.29, 0.717) is 17.3 Å². The van der Waals surface area contributed by atoms with E-state index < -0.39 is 6.43 Å². The molecular weight excluding hydrogens is 210 g/mol. The Kier molecular flexibility index (Phi) is 3.27. The Morgan fingerprint density at radius 1 is 1.38 bits per heavy atom. The molecule has 1 aliphatic rings. The van der Waals surface area contributed by atoms with Gasteiger partial charge in [0.2, 0.25) is 0 Å². The van der Waals surface area contributed by atoms with Gasteiger partial charge in [-0.05, 0) is 37.0 Å². The van der Waals surface area contributed by atoms with E-state index in [9.17, 15) is 8.78 Å². The molecule has 1 aromatic carbocycles. The van der Waals surface area contributed by atoms with Crippen molar-refractivity contribution < 1.29 is 8.78 Å². The average molecular weight is 226 g/mol. The van der Waals surface area contributed by atoms with E-state index >= 15 is 0 Å². The number of anilines is 2. The number of nitrogens with one attached hydrogen (secondary N) is 1. The Labute approximate surface area is 93.8 Å². The van der Waals surface area contributed by atoms with E-state index in [1.165, 1.54) is 25.3 Å². The summed E-state index contributed by atoms with van der Waals surface area (Å²) in [6.45, 7) is 0.781. The standard InChI is InChI=1S/C12H16F2N2/c13-12(14)10-6-9(15)4-5-11(10)16-7-8-2-1-3-8/h4-6,8,12,16H,1-3,7,15H2. The highest BCUT2D eigenvalue weighted by molar-refractivity contribution is 5.58. The van der Waals surface area contributed by atoms with Crippen LogP contribution in [0.1, 0.15) is 31.3 Å². The summed E-state index contributed by atoms with van der Waals surface area (Å²) in [6, 6.07) is 4.62. The topological polar surface area (TPSA) is 38.0 Å². The van der Waals surface area contributed by atoms with E-state index in [1.807, 2.05) is 0 Å². The van der Waals surface area contributed by atoms with Gasteiger partial charge in [-0.25, -0.2) is 8.78 Å². The van der Waals surface area contributed by atoms with Crippen LogP contribution in [0.15, 0.2) is 18.2 Å². The van der Waals surface area contributed by atoms with Crippen molar-refractivity contribution in [1.29, 1.82) is 0 Å². The first-order chi connectivity index (χ1) is 7.66. The molecule has 1 aromatic rings. The minimum Gasteiger partial charge on any atom is -0.399 e. The summed E-state index contributed by atoms with van der Waals surface area (Å²) in [7, 11) is 0. The van der Waals surface area contributed by atoms with Gasteiger partial charge in [0, 0.05) is 23.5 Å². The summed E-state index contributed by atoms with van der Waals surface area (Å²) < 4.78 is 25.5. The summed E-state index contributed by atoms with van der Waals surface area (Å²) in [5.74, 6) is 0.642. The highest BCUT2D eigenvalue weighted by Crippen LogP contribution is 2.31. The first-order valence-corrected chi connectivity index (χ1v) is 5.58. The number of hydrogen-bond acceptors (Lipinski definition) is 2. The van der Waals surface area contributed by atoms with Gasteiger partial charge in [0.05, 0.1) is 0 Å². The van der Waals surface area contributed by atoms with Crippen molar-refractivity contribution in [3.63, 3.8) is 0 Å². The van der Waals surface area contributed by atoms with Crippen LogP contribution >= 0.6 is 0 Å². The summed E-state index contributed by atoms with van der Waals surface area (Å²) in [4.78, 5) is 0. The lowest BCUT2D eigenvalue weighted by Crippen LogP contribution is -2.21. The lowest BCUT2D eigenvalue weighted by atomic mass is 9.85. The quantitative estimate of drug-likeness (QED) is 0.772. The molecule has 16 heavy (non-hydrogen) atoms. The van der Waals surface area contributed by atoms with Crippen LogP contribution in [0.5, 0.6) is 0 Å². The fourth-order valence-corrected chi connectivity index (χ4v) is 1.87. The summed E-state index contributed by atoms with van der Waals surface area (Å²) in [6.07, 6.45) is 1.18. The zero-order valence-electron chi connectivity index (χ0n) is 9.05. The number of benzene rings is 1. The van der Waals surface area contributed by atoms with Crippen molar-refractivity contribution >= 4 is 11.4 Å². The van der Waals surface area contributed by atoms with Crippen molar-refractivity contribution in [3.8, 4) is 0 Å². The Bertz CT molecular complexity index is 362. The molecule has 4 heteroatoms. The maximum Gasteiger partial charge on any atom is 0.265 e. The van der Waals surface area contributed by atoms with Gasteiger partial charge in [-0.1, -0.05) is 6.42 Å². The van der Waals surface area contributed by atoms with E-state index in [0.717, 1.165) is 6.54 Å². The van der Waals surface area contributed by atoms with Crippen molar-refractivity contribution in [3.05, 3.63) is 23.8 Å². The molecule has 0 radical (unpaired) electrons. The molecule has 2 nitrogen and oxygen atoms in total. The maximum absolute atomic E-state index is 12.7. The molecular formula is C12H16F2N2. The molecule has 0 spiro atoms. The number of nitrogens with two attached hydrogens (primary N) is 1. The van der Waals surface area contributed by atoms with Crippen molar-refractivity contribution in [2.24, 2.45) is 5.92 Å². The van der Waals surface area contributed by atoms with E-state index in [4.69, 9.17) is 5.73 Å². The number of hydrogen-bond donors (Lipinski definition) is 2. The molecule has 0 atom stereocenters. The zero-order chi connectivity index (χ0) is 11.5. The molecule has 88 valence electrons. The Morgan fingerprint density at radius 3 is 2.69 bits per heavy atom. The Balaban J connectivity index is 2.05. The molecule has 0 aromatic heterocycles. The van der Waals surface area contributed by atoms with Gasteiger partial charge in [-0.3, -0.25) is 0 Å². The first-order valence-electron chi connectivity index (χ1n) is 5.58. The van der Waals surface area contributed by atoms with Gasteiger partial charge in [0.1, 0.15) is 0 Å². The van der Waals surface area contributed by atoms with Crippen LogP contribution in [-0.4, -0.2) is 6.54 Å². The lowest BCUT2D eigenvalue weighted by molar-refractivity contribution is 0.152. The number of halogens is 2. The molecule has 1 aliphatic carbocycles. The molecule has 2 rings (SSSR count). The number of rotatable bonds is 4. The largest absolute Gasteiger partial charge is 0.399 e. The second-order valence-electron chi connectivity index (χ2n) is 4.33. The van der Waals surface area contributed by atoms with E-state index in [1.54, 1.807) is 12.1 Å². The summed E-state index contributed by atoms with van der Waals surface area (Å²) in [5, 5.41) is 3.09. The molecule has 0 bridgehead atoms. The van der Waals surface area contributed by atoms with Crippen LogP contribution in [0.3, 0.4) is 0 Å². The van der Waals surface area contributed by atoms with Crippen LogP contribution in [0.2, 0.25) is 0 Å². The predicted octanol–water partition coefficient (Wildman–Crippen LogP) is 3.42. The fourth-order valence-electron chi connectivity index (χ4n) is 1.87. The van der Waals surface area contributed by atoms with Gasteiger partial charge in [-0.2, -0.15) is 0 Å². The van der Waals surface area contributed by atoms with Gasteiger partial charge in [0.15, 0.2) is 0 Å². The summed E-state index contributed by atoms with van der Waals surface area (Å²) in [5.41, 5.74) is 6.39. The molecule has 0 unspecified atom stereocenters. The third-order valence-corrected chi connectivity index (χ3v) is 3.12. The molecule has 0 heterocycles. The molecule has 0 saturated heterocycles. The third kappa shape index (κ3) is 2.43. The minimum atomic E-state index is -2.48. The maximum atomic E-state index is 12.7.